The largest absolute Gasteiger partial charge is 0.370 e. The summed E-state index contributed by atoms with van der Waals surface area (Å²) in [6, 6.07) is 11.9. The topological polar surface area (TPSA) is 55.0 Å². The van der Waals surface area contributed by atoms with Crippen LogP contribution in [0.3, 0.4) is 0 Å². The first-order chi connectivity index (χ1) is 10.4. The predicted octanol–water partition coefficient (Wildman–Crippen LogP) is 2.78. The van der Waals surface area contributed by atoms with Crippen molar-refractivity contribution in [3.63, 3.8) is 0 Å². The van der Waals surface area contributed by atoms with Gasteiger partial charge in [0.05, 0.1) is 17.9 Å². The van der Waals surface area contributed by atoms with Gasteiger partial charge in [0.15, 0.2) is 0 Å². The van der Waals surface area contributed by atoms with Crippen molar-refractivity contribution in [2.45, 2.75) is 32.5 Å². The van der Waals surface area contributed by atoms with E-state index in [0.29, 0.717) is 13.0 Å². The number of ether oxygens (including phenoxy) is 1. The number of nitriles is 1. The van der Waals surface area contributed by atoms with Crippen LogP contribution < -0.4 is 5.56 Å². The van der Waals surface area contributed by atoms with Crippen LogP contribution in [0, 0.1) is 11.3 Å². The third kappa shape index (κ3) is 2.24. The SMILES string of the molecule is Cn1c(-c2ccccc2)c2c(c(C#N)c1=O)CC(C)(C)OC2. The fourth-order valence-corrected chi connectivity index (χ4v) is 3.07. The van der Waals surface area contributed by atoms with Gasteiger partial charge < -0.3 is 9.30 Å². The molecular formula is C18H18N2O2. The molecule has 3 rings (SSSR count). The minimum atomic E-state index is -0.362. The Labute approximate surface area is 129 Å². The number of fused-ring (bicyclic) bond motifs is 1. The molecule has 0 amide bonds. The zero-order valence-electron chi connectivity index (χ0n) is 13.0. The average Bonchev–Trinajstić information content (AvgIpc) is 2.49. The molecular weight excluding hydrogens is 276 g/mol. The Kier molecular flexibility index (Phi) is 3.38. The first kappa shape index (κ1) is 14.6. The van der Waals surface area contributed by atoms with Crippen LogP contribution in [0.1, 0.15) is 30.5 Å². The number of aromatic nitrogens is 1. The van der Waals surface area contributed by atoms with Crippen molar-refractivity contribution in [1.29, 1.82) is 5.26 Å². The number of benzene rings is 1. The number of hydrogen-bond donors (Lipinski definition) is 0. The number of rotatable bonds is 1. The van der Waals surface area contributed by atoms with E-state index >= 15 is 0 Å². The Hall–Kier alpha value is -2.38. The second-order valence-electron chi connectivity index (χ2n) is 6.25. The molecule has 0 saturated carbocycles. The van der Waals surface area contributed by atoms with Crippen molar-refractivity contribution in [2.75, 3.05) is 0 Å². The molecule has 4 nitrogen and oxygen atoms in total. The highest BCUT2D eigenvalue weighted by Crippen LogP contribution is 2.34. The van der Waals surface area contributed by atoms with Crippen LogP contribution in [0.25, 0.3) is 11.3 Å². The maximum absolute atomic E-state index is 12.6. The minimum absolute atomic E-state index is 0.238. The molecule has 1 aromatic carbocycles. The van der Waals surface area contributed by atoms with Gasteiger partial charge in [0.2, 0.25) is 0 Å². The van der Waals surface area contributed by atoms with E-state index in [1.54, 1.807) is 11.6 Å². The van der Waals surface area contributed by atoms with Crippen molar-refractivity contribution >= 4 is 0 Å². The molecule has 2 aromatic rings. The fourth-order valence-electron chi connectivity index (χ4n) is 3.07. The molecule has 112 valence electrons. The Balaban J connectivity index is 2.37. The van der Waals surface area contributed by atoms with E-state index in [-0.39, 0.29) is 16.7 Å². The third-order valence-corrected chi connectivity index (χ3v) is 4.17. The van der Waals surface area contributed by atoms with Gasteiger partial charge in [0.1, 0.15) is 11.6 Å². The van der Waals surface area contributed by atoms with Crippen molar-refractivity contribution in [3.8, 4) is 17.3 Å². The molecule has 1 aliphatic rings. The summed E-state index contributed by atoms with van der Waals surface area (Å²) in [5, 5.41) is 9.43. The van der Waals surface area contributed by atoms with Gasteiger partial charge in [-0.15, -0.1) is 0 Å². The van der Waals surface area contributed by atoms with Crippen molar-refractivity contribution in [1.82, 2.24) is 4.57 Å². The predicted molar refractivity (Wildman–Crippen MR) is 84.4 cm³/mol. The van der Waals surface area contributed by atoms with E-state index in [4.69, 9.17) is 4.74 Å². The molecule has 4 heteroatoms. The summed E-state index contributed by atoms with van der Waals surface area (Å²) >= 11 is 0. The maximum atomic E-state index is 12.6. The van der Waals surface area contributed by atoms with E-state index in [0.717, 1.165) is 22.4 Å². The van der Waals surface area contributed by atoms with Gasteiger partial charge in [-0.2, -0.15) is 5.26 Å². The first-order valence-electron chi connectivity index (χ1n) is 7.29. The third-order valence-electron chi connectivity index (χ3n) is 4.17. The Bertz CT molecular complexity index is 827. The van der Waals surface area contributed by atoms with Crippen molar-refractivity contribution < 1.29 is 4.74 Å². The number of pyridine rings is 1. The van der Waals surface area contributed by atoms with Gasteiger partial charge in [0, 0.05) is 19.0 Å². The smallest absolute Gasteiger partial charge is 0.268 e. The summed E-state index contributed by atoms with van der Waals surface area (Å²) in [4.78, 5) is 12.6. The van der Waals surface area contributed by atoms with E-state index in [2.05, 4.69) is 6.07 Å². The van der Waals surface area contributed by atoms with Crippen LogP contribution in [0.5, 0.6) is 0 Å². The minimum Gasteiger partial charge on any atom is -0.370 e. The second-order valence-corrected chi connectivity index (χ2v) is 6.25. The Morgan fingerprint density at radius 2 is 1.91 bits per heavy atom. The quantitative estimate of drug-likeness (QED) is 0.812. The van der Waals surface area contributed by atoms with Gasteiger partial charge in [-0.05, 0) is 25.0 Å². The molecule has 0 N–H and O–H groups in total. The molecule has 2 heterocycles. The zero-order chi connectivity index (χ0) is 15.9. The van der Waals surface area contributed by atoms with E-state index in [9.17, 15) is 10.1 Å². The normalized spacial score (nSPS) is 15.9. The molecule has 1 aliphatic heterocycles. The summed E-state index contributed by atoms with van der Waals surface area (Å²) in [6.07, 6.45) is 0.571. The highest BCUT2D eigenvalue weighted by Gasteiger charge is 2.32. The molecule has 0 spiro atoms. The van der Waals surface area contributed by atoms with E-state index < -0.39 is 0 Å². The number of nitrogens with zero attached hydrogens (tertiary/aromatic N) is 2. The fraction of sp³-hybridized carbons (Fsp3) is 0.333. The zero-order valence-corrected chi connectivity index (χ0v) is 13.0. The lowest BCUT2D eigenvalue weighted by Gasteiger charge is -2.34. The summed E-state index contributed by atoms with van der Waals surface area (Å²) in [6.45, 7) is 4.38. The van der Waals surface area contributed by atoms with Crippen LogP contribution in [0.4, 0.5) is 0 Å². The summed E-state index contributed by atoms with van der Waals surface area (Å²) < 4.78 is 7.49. The highest BCUT2D eigenvalue weighted by atomic mass is 16.5. The molecule has 22 heavy (non-hydrogen) atoms. The van der Waals surface area contributed by atoms with E-state index in [1.165, 1.54) is 0 Å². The van der Waals surface area contributed by atoms with Crippen LogP contribution in [0.2, 0.25) is 0 Å². The average molecular weight is 294 g/mol. The van der Waals surface area contributed by atoms with Crippen LogP contribution in [-0.2, 0) is 24.8 Å². The standard InChI is InChI=1S/C18H18N2O2/c1-18(2)9-13-14(10-19)17(21)20(3)16(15(13)11-22-18)12-7-5-4-6-8-12/h4-8H,9,11H2,1-3H3. The van der Waals surface area contributed by atoms with Gasteiger partial charge in [-0.25, -0.2) is 0 Å². The molecule has 0 atom stereocenters. The van der Waals surface area contributed by atoms with Gasteiger partial charge in [-0.1, -0.05) is 30.3 Å². The molecule has 0 fully saturated rings. The number of hydrogen-bond acceptors (Lipinski definition) is 3. The van der Waals surface area contributed by atoms with Crippen LogP contribution in [0.15, 0.2) is 35.1 Å². The Morgan fingerprint density at radius 1 is 1.23 bits per heavy atom. The lowest BCUT2D eigenvalue weighted by Crippen LogP contribution is -2.36. The molecule has 0 unspecified atom stereocenters. The van der Waals surface area contributed by atoms with Crippen molar-refractivity contribution in [2.24, 2.45) is 7.05 Å². The Morgan fingerprint density at radius 3 is 2.55 bits per heavy atom. The molecule has 0 aliphatic carbocycles. The molecule has 0 bridgehead atoms. The van der Waals surface area contributed by atoms with Crippen molar-refractivity contribution in [3.05, 3.63) is 57.4 Å². The van der Waals surface area contributed by atoms with Crippen LogP contribution in [-0.4, -0.2) is 10.2 Å². The monoisotopic (exact) mass is 294 g/mol. The molecule has 0 saturated heterocycles. The highest BCUT2D eigenvalue weighted by molar-refractivity contribution is 5.67. The lowest BCUT2D eigenvalue weighted by atomic mass is 9.87. The summed E-state index contributed by atoms with van der Waals surface area (Å²) in [5.41, 5.74) is 3.23. The first-order valence-corrected chi connectivity index (χ1v) is 7.29. The van der Waals surface area contributed by atoms with Gasteiger partial charge in [-0.3, -0.25) is 4.79 Å². The summed E-state index contributed by atoms with van der Waals surface area (Å²) in [7, 11) is 1.71. The second kappa shape index (κ2) is 5.11. The lowest BCUT2D eigenvalue weighted by molar-refractivity contribution is -0.0402. The van der Waals surface area contributed by atoms with Gasteiger partial charge in [0.25, 0.3) is 5.56 Å². The van der Waals surface area contributed by atoms with Gasteiger partial charge >= 0.3 is 0 Å². The van der Waals surface area contributed by atoms with Crippen LogP contribution >= 0.6 is 0 Å². The maximum Gasteiger partial charge on any atom is 0.268 e. The summed E-state index contributed by atoms with van der Waals surface area (Å²) in [5.74, 6) is 0. The van der Waals surface area contributed by atoms with E-state index in [1.807, 2.05) is 44.2 Å². The molecule has 1 aromatic heterocycles. The molecule has 0 radical (unpaired) electrons.